The Labute approximate surface area is 259 Å². The SMILES string of the molecule is c1ccc(-c2ccc3ccc4ccc(-c5cccc(-c6c(-c7ccccn7)nc7ccc8ccccc8n67)c5)nc4c3n2)cc1. The van der Waals surface area contributed by atoms with Crippen LogP contribution < -0.4 is 0 Å². The number of aromatic nitrogens is 5. The molecule has 0 aliphatic heterocycles. The average molecular weight is 576 g/mol. The highest BCUT2D eigenvalue weighted by atomic mass is 15.0. The van der Waals surface area contributed by atoms with Gasteiger partial charge in [-0.2, -0.15) is 0 Å². The molecule has 0 atom stereocenters. The molecule has 0 bridgehead atoms. The molecule has 5 heteroatoms. The molecule has 5 aromatic heterocycles. The summed E-state index contributed by atoms with van der Waals surface area (Å²) in [6.45, 7) is 0. The number of fused-ring (bicyclic) bond motifs is 6. The summed E-state index contributed by atoms with van der Waals surface area (Å²) in [6, 6.07) is 50.1. The standard InChI is InChI=1S/C40H25N5/c1-2-9-26(10-3-1)32-21-18-28-16-17-29-19-22-33(43-38(29)37(28)42-32)30-12-8-13-31(25-30)40-39(34-14-6-7-24-41-34)44-36-23-20-27-11-4-5-15-35(27)45(36)40/h1-25H. The summed E-state index contributed by atoms with van der Waals surface area (Å²) in [5.74, 6) is 0. The van der Waals surface area contributed by atoms with Crippen molar-refractivity contribution in [1.82, 2.24) is 24.3 Å². The number of nitrogens with zero attached hydrogens (tertiary/aromatic N) is 5. The van der Waals surface area contributed by atoms with Gasteiger partial charge in [0.1, 0.15) is 11.3 Å². The molecule has 0 fully saturated rings. The minimum atomic E-state index is 0.835. The van der Waals surface area contributed by atoms with Crippen LogP contribution in [-0.2, 0) is 0 Å². The third kappa shape index (κ3) is 4.25. The van der Waals surface area contributed by atoms with Gasteiger partial charge in [-0.15, -0.1) is 0 Å². The van der Waals surface area contributed by atoms with Crippen molar-refractivity contribution in [3.8, 4) is 45.2 Å². The normalized spacial score (nSPS) is 11.6. The number of imidazole rings is 1. The monoisotopic (exact) mass is 575 g/mol. The smallest absolute Gasteiger partial charge is 0.138 e. The maximum atomic E-state index is 5.23. The zero-order chi connectivity index (χ0) is 29.7. The lowest BCUT2D eigenvalue weighted by atomic mass is 10.0. The molecule has 0 aliphatic rings. The summed E-state index contributed by atoms with van der Waals surface area (Å²) in [5, 5.41) is 3.28. The van der Waals surface area contributed by atoms with Gasteiger partial charge in [-0.1, -0.05) is 97.1 Å². The summed E-state index contributed by atoms with van der Waals surface area (Å²) in [4.78, 5) is 20.1. The van der Waals surface area contributed by atoms with Gasteiger partial charge in [0.05, 0.1) is 39.3 Å². The molecular weight excluding hydrogens is 550 g/mol. The highest BCUT2D eigenvalue weighted by molar-refractivity contribution is 6.04. The van der Waals surface area contributed by atoms with Crippen LogP contribution in [0, 0.1) is 0 Å². The molecule has 0 saturated carbocycles. The Morgan fingerprint density at radius 3 is 1.84 bits per heavy atom. The molecule has 45 heavy (non-hydrogen) atoms. The first-order valence-electron chi connectivity index (χ1n) is 15.0. The lowest BCUT2D eigenvalue weighted by Crippen LogP contribution is -1.94. The molecule has 0 radical (unpaired) electrons. The van der Waals surface area contributed by atoms with Gasteiger partial charge >= 0.3 is 0 Å². The topological polar surface area (TPSA) is 56.0 Å². The molecule has 9 aromatic rings. The van der Waals surface area contributed by atoms with Crippen LogP contribution in [0.3, 0.4) is 0 Å². The zero-order valence-electron chi connectivity index (χ0n) is 24.2. The van der Waals surface area contributed by atoms with Crippen molar-refractivity contribution in [3.05, 3.63) is 152 Å². The molecule has 0 amide bonds. The summed E-state index contributed by atoms with van der Waals surface area (Å²) in [6.07, 6.45) is 1.82. The Hall–Kier alpha value is -6.20. The van der Waals surface area contributed by atoms with E-state index < -0.39 is 0 Å². The van der Waals surface area contributed by atoms with Crippen LogP contribution >= 0.6 is 0 Å². The summed E-state index contributed by atoms with van der Waals surface area (Å²) in [5.41, 5.74) is 11.4. The fourth-order valence-electron chi connectivity index (χ4n) is 6.26. The Morgan fingerprint density at radius 2 is 1.07 bits per heavy atom. The lowest BCUT2D eigenvalue weighted by Gasteiger charge is -2.11. The maximum absolute atomic E-state index is 5.23. The van der Waals surface area contributed by atoms with Crippen LogP contribution in [0.15, 0.2) is 152 Å². The van der Waals surface area contributed by atoms with E-state index in [4.69, 9.17) is 15.0 Å². The Morgan fingerprint density at radius 1 is 0.422 bits per heavy atom. The third-order valence-electron chi connectivity index (χ3n) is 8.42. The van der Waals surface area contributed by atoms with Crippen LogP contribution in [0.4, 0.5) is 0 Å². The van der Waals surface area contributed by atoms with E-state index in [0.717, 1.165) is 83.5 Å². The molecule has 5 heterocycles. The second-order valence-corrected chi connectivity index (χ2v) is 11.2. The molecule has 0 unspecified atom stereocenters. The molecule has 0 aliphatic carbocycles. The fraction of sp³-hybridized carbons (Fsp3) is 0. The van der Waals surface area contributed by atoms with Crippen molar-refractivity contribution in [1.29, 1.82) is 0 Å². The first-order valence-corrected chi connectivity index (χ1v) is 15.0. The van der Waals surface area contributed by atoms with E-state index >= 15 is 0 Å². The van der Waals surface area contributed by atoms with Gasteiger partial charge < -0.3 is 0 Å². The van der Waals surface area contributed by atoms with E-state index in [0.29, 0.717) is 0 Å². The van der Waals surface area contributed by atoms with Crippen molar-refractivity contribution in [2.45, 2.75) is 0 Å². The van der Waals surface area contributed by atoms with Gasteiger partial charge in [0.2, 0.25) is 0 Å². The second-order valence-electron chi connectivity index (χ2n) is 11.2. The predicted octanol–water partition coefficient (Wildman–Crippen LogP) is 9.65. The Balaban J connectivity index is 1.25. The quantitative estimate of drug-likeness (QED) is 0.196. The number of pyridine rings is 4. The Kier molecular flexibility index (Phi) is 5.74. The zero-order valence-corrected chi connectivity index (χ0v) is 24.2. The average Bonchev–Trinajstić information content (AvgIpc) is 3.52. The minimum Gasteiger partial charge on any atom is -0.292 e. The maximum Gasteiger partial charge on any atom is 0.138 e. The second kappa shape index (κ2) is 10.2. The van der Waals surface area contributed by atoms with Crippen molar-refractivity contribution in [2.75, 3.05) is 0 Å². The van der Waals surface area contributed by atoms with Gasteiger partial charge in [-0.3, -0.25) is 9.38 Å². The highest BCUT2D eigenvalue weighted by Gasteiger charge is 2.19. The summed E-state index contributed by atoms with van der Waals surface area (Å²) in [7, 11) is 0. The van der Waals surface area contributed by atoms with E-state index in [-0.39, 0.29) is 0 Å². The van der Waals surface area contributed by atoms with Crippen molar-refractivity contribution < 1.29 is 0 Å². The van der Waals surface area contributed by atoms with Crippen LogP contribution in [0.1, 0.15) is 0 Å². The van der Waals surface area contributed by atoms with Gasteiger partial charge in [-0.25, -0.2) is 15.0 Å². The number of hydrogen-bond donors (Lipinski definition) is 0. The number of rotatable bonds is 4. The number of para-hydroxylation sites is 1. The molecule has 0 N–H and O–H groups in total. The van der Waals surface area contributed by atoms with Crippen LogP contribution in [-0.4, -0.2) is 24.3 Å². The molecule has 0 spiro atoms. The largest absolute Gasteiger partial charge is 0.292 e. The van der Waals surface area contributed by atoms with E-state index in [9.17, 15) is 0 Å². The van der Waals surface area contributed by atoms with E-state index in [2.05, 4.69) is 119 Å². The molecule has 210 valence electrons. The van der Waals surface area contributed by atoms with Crippen molar-refractivity contribution in [3.63, 3.8) is 0 Å². The first kappa shape index (κ1) is 25.3. The van der Waals surface area contributed by atoms with E-state index in [1.165, 1.54) is 0 Å². The van der Waals surface area contributed by atoms with Gasteiger partial charge in [-0.05, 0) is 53.9 Å². The summed E-state index contributed by atoms with van der Waals surface area (Å²) < 4.78 is 2.24. The minimum absolute atomic E-state index is 0.835. The third-order valence-corrected chi connectivity index (χ3v) is 8.42. The molecule has 4 aromatic carbocycles. The number of benzene rings is 4. The molecule has 9 rings (SSSR count). The van der Waals surface area contributed by atoms with Crippen molar-refractivity contribution in [2.24, 2.45) is 0 Å². The molecular formula is C40H25N5. The van der Waals surface area contributed by atoms with E-state index in [1.54, 1.807) is 0 Å². The first-order chi connectivity index (χ1) is 22.3. The highest BCUT2D eigenvalue weighted by Crippen LogP contribution is 2.36. The van der Waals surface area contributed by atoms with Crippen LogP contribution in [0.25, 0.3) is 83.5 Å². The molecule has 0 saturated heterocycles. The van der Waals surface area contributed by atoms with E-state index in [1.807, 2.05) is 42.6 Å². The Bertz CT molecular complexity index is 2540. The van der Waals surface area contributed by atoms with Gasteiger partial charge in [0, 0.05) is 33.7 Å². The summed E-state index contributed by atoms with van der Waals surface area (Å²) >= 11 is 0. The van der Waals surface area contributed by atoms with Gasteiger partial charge in [0.25, 0.3) is 0 Å². The molecule has 5 nitrogen and oxygen atoms in total. The van der Waals surface area contributed by atoms with Crippen molar-refractivity contribution >= 4 is 38.4 Å². The lowest BCUT2D eigenvalue weighted by molar-refractivity contribution is 1.26. The fourth-order valence-corrected chi connectivity index (χ4v) is 6.26. The predicted molar refractivity (Wildman–Crippen MR) is 183 cm³/mol. The van der Waals surface area contributed by atoms with Crippen LogP contribution in [0.5, 0.6) is 0 Å². The van der Waals surface area contributed by atoms with Gasteiger partial charge in [0.15, 0.2) is 0 Å². The number of hydrogen-bond acceptors (Lipinski definition) is 4. The van der Waals surface area contributed by atoms with Crippen LogP contribution in [0.2, 0.25) is 0 Å².